The number of rotatable bonds is 1. The summed E-state index contributed by atoms with van der Waals surface area (Å²) in [5.74, 6) is 1.48. The lowest BCUT2D eigenvalue weighted by Crippen LogP contribution is -2.06. The molecule has 0 atom stereocenters. The third kappa shape index (κ3) is 4.12. The van der Waals surface area contributed by atoms with Gasteiger partial charge in [-0.3, -0.25) is 4.79 Å². The number of carboxylic acids is 1. The highest BCUT2D eigenvalue weighted by molar-refractivity contribution is 5.62. The van der Waals surface area contributed by atoms with Crippen molar-refractivity contribution in [1.29, 1.82) is 0 Å². The van der Waals surface area contributed by atoms with Crippen LogP contribution in [0.15, 0.2) is 0 Å². The van der Waals surface area contributed by atoms with Crippen LogP contribution in [0.5, 0.6) is 0 Å². The summed E-state index contributed by atoms with van der Waals surface area (Å²) in [6.45, 7) is 1.08. The van der Waals surface area contributed by atoms with Gasteiger partial charge >= 0.3 is 0 Å². The lowest BCUT2D eigenvalue weighted by molar-refractivity contribution is -0.134. The van der Waals surface area contributed by atoms with E-state index in [1.54, 1.807) is 25.7 Å². The Bertz CT molecular complexity index is 147. The maximum absolute atomic E-state index is 9.00. The molecule has 82 valence electrons. The minimum absolute atomic E-state index is 0.833. The van der Waals surface area contributed by atoms with Gasteiger partial charge in [0.1, 0.15) is 0 Å². The van der Waals surface area contributed by atoms with E-state index in [9.17, 15) is 0 Å². The van der Waals surface area contributed by atoms with Crippen LogP contribution in [0.2, 0.25) is 0 Å². The molecule has 0 unspecified atom stereocenters. The molecule has 0 spiro atoms. The van der Waals surface area contributed by atoms with Crippen molar-refractivity contribution < 1.29 is 9.90 Å². The van der Waals surface area contributed by atoms with Crippen LogP contribution in [0.3, 0.4) is 0 Å². The van der Waals surface area contributed by atoms with E-state index in [1.165, 1.54) is 25.7 Å². The second-order valence-corrected chi connectivity index (χ2v) is 4.61. The van der Waals surface area contributed by atoms with Crippen LogP contribution in [0.25, 0.3) is 0 Å². The van der Waals surface area contributed by atoms with Gasteiger partial charge in [0, 0.05) is 6.92 Å². The second kappa shape index (κ2) is 6.05. The van der Waals surface area contributed by atoms with Gasteiger partial charge in [0.2, 0.25) is 0 Å². The summed E-state index contributed by atoms with van der Waals surface area (Å²) in [5, 5.41) is 7.42. The summed E-state index contributed by atoms with van der Waals surface area (Å²) < 4.78 is 0. The second-order valence-electron chi connectivity index (χ2n) is 4.61. The number of aliphatic carboxylic acids is 1. The van der Waals surface area contributed by atoms with Gasteiger partial charge in [0.15, 0.2) is 0 Å². The molecule has 0 saturated heterocycles. The zero-order valence-corrected chi connectivity index (χ0v) is 9.17. The van der Waals surface area contributed by atoms with Gasteiger partial charge < -0.3 is 5.11 Å². The van der Waals surface area contributed by atoms with E-state index >= 15 is 0 Å². The van der Waals surface area contributed by atoms with Crippen LogP contribution >= 0.6 is 0 Å². The average molecular weight is 198 g/mol. The zero-order chi connectivity index (χ0) is 10.4. The molecule has 0 bridgehead atoms. The first-order valence-electron chi connectivity index (χ1n) is 5.89. The van der Waals surface area contributed by atoms with Crippen molar-refractivity contribution in [2.45, 2.75) is 58.3 Å². The van der Waals surface area contributed by atoms with Crippen LogP contribution in [0.1, 0.15) is 58.3 Å². The largest absolute Gasteiger partial charge is 0.481 e. The Kier molecular flexibility index (Phi) is 4.99. The topological polar surface area (TPSA) is 37.3 Å². The molecule has 2 nitrogen and oxygen atoms in total. The fourth-order valence-electron chi connectivity index (χ4n) is 2.86. The molecule has 0 heterocycles. The van der Waals surface area contributed by atoms with Gasteiger partial charge in [-0.1, -0.05) is 51.4 Å². The molecule has 0 radical (unpaired) electrons. The Labute approximate surface area is 86.7 Å². The highest BCUT2D eigenvalue weighted by atomic mass is 16.4. The number of carbonyl (C=O) groups is 1. The molecule has 2 rings (SSSR count). The van der Waals surface area contributed by atoms with Crippen LogP contribution in [-0.2, 0) is 4.79 Å². The third-order valence-corrected chi connectivity index (χ3v) is 3.47. The number of hydrogen-bond acceptors (Lipinski definition) is 1. The first kappa shape index (κ1) is 11.5. The first-order chi connectivity index (χ1) is 6.70. The summed E-state index contributed by atoms with van der Waals surface area (Å²) in [6.07, 6.45) is 12.4. The van der Waals surface area contributed by atoms with E-state index in [-0.39, 0.29) is 0 Å². The highest BCUT2D eigenvalue weighted by Crippen LogP contribution is 2.39. The Hall–Kier alpha value is -0.530. The van der Waals surface area contributed by atoms with Crippen molar-refractivity contribution in [3.05, 3.63) is 0 Å². The normalized spacial score (nSPS) is 23.2. The van der Waals surface area contributed by atoms with Crippen LogP contribution in [0.4, 0.5) is 0 Å². The predicted molar refractivity (Wildman–Crippen MR) is 57.2 cm³/mol. The Morgan fingerprint density at radius 3 is 1.36 bits per heavy atom. The third-order valence-electron chi connectivity index (χ3n) is 3.47. The highest BCUT2D eigenvalue weighted by Gasteiger charge is 2.26. The van der Waals surface area contributed by atoms with Crippen molar-refractivity contribution in [2.75, 3.05) is 0 Å². The van der Waals surface area contributed by atoms with Crippen LogP contribution in [0, 0.1) is 11.8 Å². The Balaban J connectivity index is 0.000000213. The molecule has 0 aromatic carbocycles. The van der Waals surface area contributed by atoms with Crippen molar-refractivity contribution in [2.24, 2.45) is 11.8 Å². The summed E-state index contributed by atoms with van der Waals surface area (Å²) in [5.41, 5.74) is 0. The van der Waals surface area contributed by atoms with Gasteiger partial charge in [-0.15, -0.1) is 0 Å². The molecule has 14 heavy (non-hydrogen) atoms. The molecule has 0 aromatic rings. The minimum atomic E-state index is -0.833. The van der Waals surface area contributed by atoms with E-state index in [4.69, 9.17) is 9.90 Å². The zero-order valence-electron chi connectivity index (χ0n) is 9.17. The van der Waals surface area contributed by atoms with Crippen molar-refractivity contribution in [3.8, 4) is 0 Å². The molecule has 1 N–H and O–H groups in total. The number of hydrogen-bond donors (Lipinski definition) is 1. The van der Waals surface area contributed by atoms with Crippen LogP contribution in [-0.4, -0.2) is 11.1 Å². The summed E-state index contributed by atoms with van der Waals surface area (Å²) in [6, 6.07) is 0. The standard InChI is InChI=1S/C10H18.C2H4O2/c1-2-6-9(5-1)10-7-3-4-8-10;1-2(3)4/h9-10H,1-8H2;1H3,(H,3,4). The van der Waals surface area contributed by atoms with Crippen molar-refractivity contribution in [3.63, 3.8) is 0 Å². The fraction of sp³-hybridized carbons (Fsp3) is 0.917. The molecular formula is C12H22O2. The Morgan fingerprint density at radius 2 is 1.14 bits per heavy atom. The molecule has 0 aromatic heterocycles. The Morgan fingerprint density at radius 1 is 0.929 bits per heavy atom. The quantitative estimate of drug-likeness (QED) is 0.700. The van der Waals surface area contributed by atoms with Gasteiger partial charge in [-0.2, -0.15) is 0 Å². The summed E-state index contributed by atoms with van der Waals surface area (Å²) in [4.78, 5) is 9.00. The SMILES string of the molecule is C1CCC(C2CCCC2)C1.CC(=O)O. The molecule has 2 aliphatic carbocycles. The lowest BCUT2D eigenvalue weighted by atomic mass is 9.90. The maximum atomic E-state index is 9.00. The van der Waals surface area contributed by atoms with Gasteiger partial charge in [-0.25, -0.2) is 0 Å². The van der Waals surface area contributed by atoms with Crippen molar-refractivity contribution >= 4 is 5.97 Å². The number of carboxylic acid groups (broad SMARTS) is 1. The summed E-state index contributed by atoms with van der Waals surface area (Å²) >= 11 is 0. The average Bonchev–Trinajstić information content (AvgIpc) is 2.76. The predicted octanol–water partition coefficient (Wildman–Crippen LogP) is 3.46. The summed E-state index contributed by atoms with van der Waals surface area (Å²) in [7, 11) is 0. The lowest BCUT2D eigenvalue weighted by Gasteiger charge is -2.16. The molecule has 0 aliphatic heterocycles. The van der Waals surface area contributed by atoms with Gasteiger partial charge in [0.25, 0.3) is 5.97 Å². The molecule has 2 saturated carbocycles. The molecule has 2 aliphatic rings. The molecule has 2 fully saturated rings. The van der Waals surface area contributed by atoms with Gasteiger partial charge in [-0.05, 0) is 11.8 Å². The molecular weight excluding hydrogens is 176 g/mol. The fourth-order valence-corrected chi connectivity index (χ4v) is 2.86. The minimum Gasteiger partial charge on any atom is -0.481 e. The monoisotopic (exact) mass is 198 g/mol. The van der Waals surface area contributed by atoms with E-state index < -0.39 is 5.97 Å². The van der Waals surface area contributed by atoms with Crippen LogP contribution < -0.4 is 0 Å². The van der Waals surface area contributed by atoms with E-state index in [2.05, 4.69) is 0 Å². The van der Waals surface area contributed by atoms with E-state index in [0.717, 1.165) is 18.8 Å². The smallest absolute Gasteiger partial charge is 0.300 e. The molecule has 0 amide bonds. The van der Waals surface area contributed by atoms with Crippen molar-refractivity contribution in [1.82, 2.24) is 0 Å². The maximum Gasteiger partial charge on any atom is 0.300 e. The first-order valence-corrected chi connectivity index (χ1v) is 5.89. The molecule has 2 heteroatoms. The van der Waals surface area contributed by atoms with E-state index in [0.29, 0.717) is 0 Å². The van der Waals surface area contributed by atoms with Gasteiger partial charge in [0.05, 0.1) is 0 Å². The van der Waals surface area contributed by atoms with E-state index in [1.807, 2.05) is 0 Å².